The first-order valence-electron chi connectivity index (χ1n) is 7.54. The Hall–Kier alpha value is -2.54. The molecule has 0 aliphatic carbocycles. The highest BCUT2D eigenvalue weighted by Gasteiger charge is 2.18. The van der Waals surface area contributed by atoms with E-state index in [-0.39, 0.29) is 10.5 Å². The van der Waals surface area contributed by atoms with E-state index in [4.69, 9.17) is 4.42 Å². The van der Waals surface area contributed by atoms with Gasteiger partial charge in [0.05, 0.1) is 16.1 Å². The zero-order valence-electron chi connectivity index (χ0n) is 13.7. The van der Waals surface area contributed by atoms with Gasteiger partial charge in [-0.05, 0) is 42.7 Å². The lowest BCUT2D eigenvalue weighted by atomic mass is 10.1. The molecule has 0 spiro atoms. The van der Waals surface area contributed by atoms with Crippen LogP contribution in [-0.4, -0.2) is 13.0 Å². The van der Waals surface area contributed by atoms with Crippen LogP contribution in [0.5, 0.6) is 0 Å². The Morgan fingerprint density at radius 3 is 2.62 bits per heavy atom. The van der Waals surface area contributed by atoms with Gasteiger partial charge in [-0.3, -0.25) is 9.29 Å². The quantitative estimate of drug-likeness (QED) is 0.787. The summed E-state index contributed by atoms with van der Waals surface area (Å²) >= 11 is 0. The lowest BCUT2D eigenvalue weighted by Crippen LogP contribution is -2.14. The summed E-state index contributed by atoms with van der Waals surface area (Å²) in [6, 6.07) is 10.1. The van der Waals surface area contributed by atoms with Gasteiger partial charge in [-0.25, -0.2) is 13.2 Å². The molecule has 0 aliphatic rings. The molecule has 6 nitrogen and oxygen atoms in total. The predicted molar refractivity (Wildman–Crippen MR) is 92.8 cm³/mol. The molecule has 0 bridgehead atoms. The average Bonchev–Trinajstić information content (AvgIpc) is 2.83. The largest absolute Gasteiger partial charge is 0.419 e. The highest BCUT2D eigenvalue weighted by atomic mass is 32.2. The van der Waals surface area contributed by atoms with Gasteiger partial charge >= 0.3 is 5.76 Å². The summed E-state index contributed by atoms with van der Waals surface area (Å²) in [4.78, 5) is 11.6. The van der Waals surface area contributed by atoms with Crippen LogP contribution in [-0.2, 0) is 23.5 Å². The molecule has 0 radical (unpaired) electrons. The molecule has 0 aliphatic heterocycles. The molecule has 1 heterocycles. The molecule has 7 heteroatoms. The minimum Gasteiger partial charge on any atom is -0.408 e. The van der Waals surface area contributed by atoms with E-state index in [1.165, 1.54) is 16.7 Å². The van der Waals surface area contributed by atoms with Crippen LogP contribution in [0, 0.1) is 6.92 Å². The third-order valence-corrected chi connectivity index (χ3v) is 5.39. The zero-order chi connectivity index (χ0) is 17.5. The molecule has 0 atom stereocenters. The van der Waals surface area contributed by atoms with Crippen LogP contribution >= 0.6 is 0 Å². The Morgan fingerprint density at radius 2 is 1.92 bits per heavy atom. The maximum atomic E-state index is 12.7. The van der Waals surface area contributed by atoms with Gasteiger partial charge in [-0.1, -0.05) is 19.1 Å². The van der Waals surface area contributed by atoms with E-state index in [0.717, 1.165) is 17.5 Å². The lowest BCUT2D eigenvalue weighted by Gasteiger charge is -2.12. The number of benzene rings is 2. The molecule has 1 aromatic heterocycles. The summed E-state index contributed by atoms with van der Waals surface area (Å²) in [6.45, 7) is 3.85. The van der Waals surface area contributed by atoms with Gasteiger partial charge in [-0.15, -0.1) is 0 Å². The van der Waals surface area contributed by atoms with Crippen LogP contribution in [0.4, 0.5) is 5.69 Å². The topological polar surface area (TPSA) is 81.3 Å². The second-order valence-corrected chi connectivity index (χ2v) is 7.35. The smallest absolute Gasteiger partial charge is 0.408 e. The SMILES string of the molecule is CCc1ccc(C)c(NS(=O)(=O)c2ccc3c(c2)oc(=O)n3C)c1. The minimum absolute atomic E-state index is 0.0469. The number of rotatable bonds is 4. The number of anilines is 1. The van der Waals surface area contributed by atoms with E-state index in [1.54, 1.807) is 13.1 Å². The number of nitrogens with zero attached hydrogens (tertiary/aromatic N) is 1. The van der Waals surface area contributed by atoms with Crippen molar-refractivity contribution in [3.63, 3.8) is 0 Å². The molecular formula is C17H18N2O4S. The van der Waals surface area contributed by atoms with Crippen LogP contribution in [0.15, 0.2) is 50.5 Å². The number of fused-ring (bicyclic) bond motifs is 1. The van der Waals surface area contributed by atoms with Crippen LogP contribution in [0.25, 0.3) is 11.1 Å². The summed E-state index contributed by atoms with van der Waals surface area (Å²) in [6.07, 6.45) is 0.816. The standard InChI is InChI=1S/C17H18N2O4S/c1-4-12-6-5-11(2)14(9-12)18-24(21,22)13-7-8-15-16(10-13)23-17(20)19(15)3/h5-10,18H,4H2,1-3H3. The molecular weight excluding hydrogens is 328 g/mol. The van der Waals surface area contributed by atoms with Crippen molar-refractivity contribution in [2.75, 3.05) is 4.72 Å². The molecule has 0 amide bonds. The van der Waals surface area contributed by atoms with Gasteiger partial charge in [0, 0.05) is 13.1 Å². The van der Waals surface area contributed by atoms with E-state index in [2.05, 4.69) is 4.72 Å². The van der Waals surface area contributed by atoms with Gasteiger partial charge in [0.15, 0.2) is 5.58 Å². The molecule has 0 saturated heterocycles. The van der Waals surface area contributed by atoms with Gasteiger partial charge in [0.2, 0.25) is 0 Å². The molecule has 1 N–H and O–H groups in total. The van der Waals surface area contributed by atoms with E-state index < -0.39 is 15.8 Å². The Balaban J connectivity index is 2.03. The Kier molecular flexibility index (Phi) is 3.96. The van der Waals surface area contributed by atoms with Crippen molar-refractivity contribution >= 4 is 26.8 Å². The normalized spacial score (nSPS) is 11.8. The van der Waals surface area contributed by atoms with Crippen molar-refractivity contribution < 1.29 is 12.8 Å². The van der Waals surface area contributed by atoms with E-state index >= 15 is 0 Å². The van der Waals surface area contributed by atoms with E-state index in [9.17, 15) is 13.2 Å². The third kappa shape index (κ3) is 2.82. The molecule has 0 fully saturated rings. The molecule has 3 aromatic rings. The average molecular weight is 346 g/mol. The van der Waals surface area contributed by atoms with E-state index in [1.807, 2.05) is 32.0 Å². The number of nitrogens with one attached hydrogen (secondary N) is 1. The number of hydrogen-bond acceptors (Lipinski definition) is 4. The zero-order valence-corrected chi connectivity index (χ0v) is 14.5. The first-order valence-corrected chi connectivity index (χ1v) is 9.02. The Morgan fingerprint density at radius 1 is 1.17 bits per heavy atom. The number of aryl methyl sites for hydroxylation is 3. The summed E-state index contributed by atoms with van der Waals surface area (Å²) < 4.78 is 34.3. The van der Waals surface area contributed by atoms with Crippen molar-refractivity contribution in [1.29, 1.82) is 0 Å². The van der Waals surface area contributed by atoms with Crippen molar-refractivity contribution in [3.8, 4) is 0 Å². The Labute approximate surface area is 139 Å². The van der Waals surface area contributed by atoms with Crippen molar-refractivity contribution in [2.24, 2.45) is 7.05 Å². The second kappa shape index (κ2) is 5.83. The Bertz CT molecular complexity index is 1080. The van der Waals surface area contributed by atoms with Crippen LogP contribution in [0.2, 0.25) is 0 Å². The number of aromatic nitrogens is 1. The first kappa shape index (κ1) is 16.3. The second-order valence-electron chi connectivity index (χ2n) is 5.66. The monoisotopic (exact) mass is 346 g/mol. The van der Waals surface area contributed by atoms with E-state index in [0.29, 0.717) is 11.2 Å². The summed E-state index contributed by atoms with van der Waals surface area (Å²) in [5.41, 5.74) is 3.21. The van der Waals surface area contributed by atoms with Crippen molar-refractivity contribution in [3.05, 3.63) is 58.1 Å². The number of oxazole rings is 1. The molecule has 3 rings (SSSR count). The fraction of sp³-hybridized carbons (Fsp3) is 0.235. The van der Waals surface area contributed by atoms with Gasteiger partial charge < -0.3 is 4.42 Å². The fourth-order valence-electron chi connectivity index (χ4n) is 2.48. The maximum absolute atomic E-state index is 12.7. The third-order valence-electron chi connectivity index (χ3n) is 4.03. The summed E-state index contributed by atoms with van der Waals surface area (Å²) in [5, 5.41) is 0. The highest BCUT2D eigenvalue weighted by molar-refractivity contribution is 7.92. The number of sulfonamides is 1. The molecule has 2 aromatic carbocycles. The molecule has 0 saturated carbocycles. The van der Waals surface area contributed by atoms with Crippen LogP contribution in [0.3, 0.4) is 0 Å². The molecule has 126 valence electrons. The van der Waals surface area contributed by atoms with Gasteiger partial charge in [-0.2, -0.15) is 0 Å². The maximum Gasteiger partial charge on any atom is 0.419 e. The first-order chi connectivity index (χ1) is 11.3. The highest BCUT2D eigenvalue weighted by Crippen LogP contribution is 2.23. The molecule has 24 heavy (non-hydrogen) atoms. The summed E-state index contributed by atoms with van der Waals surface area (Å²) in [5.74, 6) is -0.529. The predicted octanol–water partition coefficient (Wildman–Crippen LogP) is 2.80. The molecule has 0 unspecified atom stereocenters. The lowest BCUT2D eigenvalue weighted by molar-refractivity contribution is 0.527. The van der Waals surface area contributed by atoms with Crippen molar-refractivity contribution in [1.82, 2.24) is 4.57 Å². The minimum atomic E-state index is -3.78. The summed E-state index contributed by atoms with van der Waals surface area (Å²) in [7, 11) is -2.21. The fourth-order valence-corrected chi connectivity index (χ4v) is 3.62. The van der Waals surface area contributed by atoms with Gasteiger partial charge in [0.25, 0.3) is 10.0 Å². The number of hydrogen-bond donors (Lipinski definition) is 1. The van der Waals surface area contributed by atoms with Gasteiger partial charge in [0.1, 0.15) is 0 Å². The van der Waals surface area contributed by atoms with Crippen LogP contribution < -0.4 is 10.5 Å². The van der Waals surface area contributed by atoms with Crippen LogP contribution in [0.1, 0.15) is 18.1 Å². The van der Waals surface area contributed by atoms with Crippen molar-refractivity contribution in [2.45, 2.75) is 25.2 Å².